The minimum absolute atomic E-state index is 0.171. The Labute approximate surface area is 69.9 Å². The first-order valence-corrected chi connectivity index (χ1v) is 4.51. The molecule has 4 rings (SSSR count). The normalized spacial score (nSPS) is 63.0. The van der Waals surface area contributed by atoms with E-state index in [9.17, 15) is 4.79 Å². The molecule has 60 valence electrons. The van der Waals surface area contributed by atoms with Gasteiger partial charge in [0, 0.05) is 17.2 Å². The van der Waals surface area contributed by atoms with Gasteiger partial charge >= 0.3 is 0 Å². The average Bonchev–Trinajstić information content (AvgIpc) is 2.36. The van der Waals surface area contributed by atoms with Crippen LogP contribution in [0.5, 0.6) is 0 Å². The van der Waals surface area contributed by atoms with E-state index in [1.807, 2.05) is 0 Å². The highest BCUT2D eigenvalue weighted by Crippen LogP contribution is 2.72. The third-order valence-electron chi connectivity index (χ3n) is 3.63. The Morgan fingerprint density at radius 1 is 1.36 bits per heavy atom. The summed E-state index contributed by atoms with van der Waals surface area (Å²) >= 11 is 6.13. The SMILES string of the molecule is O=COC1[C@H]2C[C@H]3[C@@H]1[C@H]3C2Cl. The monoisotopic (exact) mass is 172 g/mol. The number of alkyl halides is 1. The molecule has 0 heterocycles. The van der Waals surface area contributed by atoms with Crippen molar-refractivity contribution in [2.24, 2.45) is 23.7 Å². The predicted molar refractivity (Wildman–Crippen MR) is 39.2 cm³/mol. The first-order chi connectivity index (χ1) is 5.34. The highest BCUT2D eigenvalue weighted by molar-refractivity contribution is 6.21. The molecule has 0 amide bonds. The lowest BCUT2D eigenvalue weighted by Crippen LogP contribution is -2.19. The van der Waals surface area contributed by atoms with Gasteiger partial charge in [-0.15, -0.1) is 11.6 Å². The Balaban J connectivity index is 1.86. The predicted octanol–water partition coefficient (Wildman–Crippen LogP) is 1.03. The van der Waals surface area contributed by atoms with Crippen molar-refractivity contribution in [3.63, 3.8) is 0 Å². The second-order valence-electron chi connectivity index (χ2n) is 3.86. The van der Waals surface area contributed by atoms with Gasteiger partial charge in [-0.25, -0.2) is 0 Å². The molecule has 0 aliphatic heterocycles. The molecule has 2 unspecified atom stereocenters. The number of rotatable bonds is 2. The maximum absolute atomic E-state index is 10.1. The Morgan fingerprint density at radius 3 is 2.55 bits per heavy atom. The summed E-state index contributed by atoms with van der Waals surface area (Å²) in [5.41, 5.74) is 0. The van der Waals surface area contributed by atoms with Gasteiger partial charge < -0.3 is 4.74 Å². The summed E-state index contributed by atoms with van der Waals surface area (Å²) in [5, 5.41) is 0.301. The molecule has 0 saturated heterocycles. The van der Waals surface area contributed by atoms with Gasteiger partial charge in [0.2, 0.25) is 0 Å². The molecule has 4 bridgehead atoms. The van der Waals surface area contributed by atoms with Crippen LogP contribution in [0.3, 0.4) is 0 Å². The van der Waals surface area contributed by atoms with E-state index in [4.69, 9.17) is 16.3 Å². The summed E-state index contributed by atoms with van der Waals surface area (Å²) < 4.78 is 5.02. The second-order valence-corrected chi connectivity index (χ2v) is 4.36. The van der Waals surface area contributed by atoms with Crippen LogP contribution in [0, 0.1) is 23.7 Å². The van der Waals surface area contributed by atoms with Gasteiger partial charge in [0.05, 0.1) is 0 Å². The summed E-state index contributed by atoms with van der Waals surface area (Å²) in [6.07, 6.45) is 1.37. The summed E-state index contributed by atoms with van der Waals surface area (Å²) in [6.45, 7) is 0.574. The number of carbonyl (C=O) groups excluding carboxylic acids is 1. The molecule has 6 atom stereocenters. The molecule has 4 fully saturated rings. The molecule has 0 radical (unpaired) electrons. The minimum Gasteiger partial charge on any atom is -0.464 e. The van der Waals surface area contributed by atoms with Crippen LogP contribution in [-0.4, -0.2) is 18.0 Å². The fourth-order valence-corrected chi connectivity index (χ4v) is 3.84. The van der Waals surface area contributed by atoms with Gasteiger partial charge in [-0.1, -0.05) is 0 Å². The Hall–Kier alpha value is -0.240. The van der Waals surface area contributed by atoms with Crippen LogP contribution >= 0.6 is 11.6 Å². The Bertz CT molecular complexity index is 218. The van der Waals surface area contributed by atoms with Gasteiger partial charge in [0.25, 0.3) is 6.47 Å². The average molecular weight is 173 g/mol. The van der Waals surface area contributed by atoms with E-state index in [1.54, 1.807) is 0 Å². The van der Waals surface area contributed by atoms with Crippen molar-refractivity contribution >= 4 is 18.1 Å². The molecule has 3 heteroatoms. The second kappa shape index (κ2) is 1.74. The number of hydrogen-bond donors (Lipinski definition) is 0. The van der Waals surface area contributed by atoms with Crippen molar-refractivity contribution in [1.29, 1.82) is 0 Å². The van der Waals surface area contributed by atoms with E-state index in [1.165, 1.54) is 6.42 Å². The van der Waals surface area contributed by atoms with E-state index >= 15 is 0 Å². The number of carbonyl (C=O) groups is 1. The third-order valence-corrected chi connectivity index (χ3v) is 4.24. The highest BCUT2D eigenvalue weighted by Gasteiger charge is 2.74. The van der Waals surface area contributed by atoms with E-state index in [0.717, 1.165) is 5.92 Å². The zero-order chi connectivity index (χ0) is 7.59. The fourth-order valence-electron chi connectivity index (χ4n) is 3.24. The molecule has 0 aromatic rings. The minimum atomic E-state index is 0.171. The number of hydrogen-bond acceptors (Lipinski definition) is 2. The van der Waals surface area contributed by atoms with Gasteiger partial charge in [-0.2, -0.15) is 0 Å². The topological polar surface area (TPSA) is 26.3 Å². The molecule has 4 aliphatic carbocycles. The molecule has 11 heavy (non-hydrogen) atoms. The quantitative estimate of drug-likeness (QED) is 0.460. The smallest absolute Gasteiger partial charge is 0.293 e. The maximum Gasteiger partial charge on any atom is 0.293 e. The van der Waals surface area contributed by atoms with Gasteiger partial charge in [-0.05, 0) is 18.3 Å². The summed E-state index contributed by atoms with van der Waals surface area (Å²) in [4.78, 5) is 10.1. The lowest BCUT2D eigenvalue weighted by Gasteiger charge is -2.13. The summed E-state index contributed by atoms with van der Waals surface area (Å²) in [5.74, 6) is 2.59. The molecule has 0 aromatic heterocycles. The maximum atomic E-state index is 10.1. The van der Waals surface area contributed by atoms with Crippen molar-refractivity contribution < 1.29 is 9.53 Å². The molecule has 0 spiro atoms. The number of ether oxygens (including phenoxy) is 1. The molecule has 0 N–H and O–H groups in total. The van der Waals surface area contributed by atoms with E-state index in [2.05, 4.69) is 0 Å². The van der Waals surface area contributed by atoms with E-state index in [-0.39, 0.29) is 6.10 Å². The zero-order valence-electron chi connectivity index (χ0n) is 5.94. The van der Waals surface area contributed by atoms with E-state index in [0.29, 0.717) is 29.6 Å². The summed E-state index contributed by atoms with van der Waals surface area (Å²) in [6, 6.07) is 0. The fraction of sp³-hybridized carbons (Fsp3) is 0.875. The Morgan fingerprint density at radius 2 is 2.18 bits per heavy atom. The van der Waals surface area contributed by atoms with Crippen molar-refractivity contribution in [3.05, 3.63) is 0 Å². The zero-order valence-corrected chi connectivity index (χ0v) is 6.70. The van der Waals surface area contributed by atoms with Crippen molar-refractivity contribution in [3.8, 4) is 0 Å². The van der Waals surface area contributed by atoms with Crippen LogP contribution in [-0.2, 0) is 9.53 Å². The van der Waals surface area contributed by atoms with Crippen LogP contribution in [0.1, 0.15) is 6.42 Å². The molecule has 2 nitrogen and oxygen atoms in total. The lowest BCUT2D eigenvalue weighted by molar-refractivity contribution is -0.135. The number of halogens is 1. The van der Waals surface area contributed by atoms with Crippen LogP contribution in [0.2, 0.25) is 0 Å². The first kappa shape index (κ1) is 6.30. The van der Waals surface area contributed by atoms with Crippen LogP contribution in [0.15, 0.2) is 0 Å². The third kappa shape index (κ3) is 0.548. The molecule has 0 aromatic carbocycles. The highest BCUT2D eigenvalue weighted by atomic mass is 35.5. The van der Waals surface area contributed by atoms with Crippen molar-refractivity contribution in [2.75, 3.05) is 0 Å². The van der Waals surface area contributed by atoms with Crippen molar-refractivity contribution in [2.45, 2.75) is 17.9 Å². The largest absolute Gasteiger partial charge is 0.464 e. The van der Waals surface area contributed by atoms with Gasteiger partial charge in [-0.3, -0.25) is 4.79 Å². The molecular weight excluding hydrogens is 164 g/mol. The van der Waals surface area contributed by atoms with Crippen molar-refractivity contribution in [1.82, 2.24) is 0 Å². The molecule has 4 aliphatic rings. The van der Waals surface area contributed by atoms with Crippen LogP contribution < -0.4 is 0 Å². The lowest BCUT2D eigenvalue weighted by atomic mass is 10.1. The standard InChI is InChI=1S/C8H9ClO2/c9-7-4-1-3-5(7)6(3)8(4)11-2-10/h2-8H,1H2/t3-,4+,5+,6-,7?,8?/m1/s1. The van der Waals surface area contributed by atoms with E-state index < -0.39 is 0 Å². The molecular formula is C8H9ClO2. The van der Waals surface area contributed by atoms with Gasteiger partial charge in [0.1, 0.15) is 6.10 Å². The first-order valence-electron chi connectivity index (χ1n) is 4.08. The van der Waals surface area contributed by atoms with Crippen LogP contribution in [0.4, 0.5) is 0 Å². The Kier molecular flexibility index (Phi) is 0.995. The molecule has 4 saturated carbocycles. The van der Waals surface area contributed by atoms with Crippen LogP contribution in [0.25, 0.3) is 0 Å². The summed E-state index contributed by atoms with van der Waals surface area (Å²) in [7, 11) is 0. The van der Waals surface area contributed by atoms with Gasteiger partial charge in [0.15, 0.2) is 0 Å².